The molecule has 5 heteroatoms. The Morgan fingerprint density at radius 3 is 1.43 bits per heavy atom. The highest BCUT2D eigenvalue weighted by molar-refractivity contribution is 7.91. The fourth-order valence-corrected chi connectivity index (χ4v) is 5.88. The Balaban J connectivity index is 1.80. The van der Waals surface area contributed by atoms with E-state index in [2.05, 4.69) is 0 Å². The zero-order valence-corrected chi connectivity index (χ0v) is 13.5. The van der Waals surface area contributed by atoms with E-state index >= 15 is 0 Å². The van der Waals surface area contributed by atoms with Gasteiger partial charge in [0, 0.05) is 0 Å². The first kappa shape index (κ1) is 14.9. The fraction of sp³-hybridized carbons (Fsp3) is 0.333. The van der Waals surface area contributed by atoms with Gasteiger partial charge >= 0.3 is 0 Å². The summed E-state index contributed by atoms with van der Waals surface area (Å²) in [4.78, 5) is 11.6. The van der Waals surface area contributed by atoms with Crippen molar-refractivity contribution in [2.45, 2.75) is 24.0 Å². The Kier molecular flexibility index (Phi) is 3.34. The van der Waals surface area contributed by atoms with Gasteiger partial charge in [-0.2, -0.15) is 0 Å². The van der Waals surface area contributed by atoms with Crippen molar-refractivity contribution in [1.82, 2.24) is 0 Å². The molecule has 2 aromatic rings. The number of benzene rings is 2. The molecule has 3 fully saturated rings. The van der Waals surface area contributed by atoms with E-state index in [4.69, 9.17) is 9.78 Å². The minimum absolute atomic E-state index is 0.0431. The molecule has 0 aliphatic carbocycles. The second-order valence-electron chi connectivity index (χ2n) is 6.42. The molecule has 3 heterocycles. The topological polar surface area (TPSA) is 52.6 Å². The summed E-state index contributed by atoms with van der Waals surface area (Å²) in [6, 6.07) is 19.0. The summed E-state index contributed by atoms with van der Waals surface area (Å²) in [6.45, 7) is 0. The van der Waals surface area contributed by atoms with Crippen LogP contribution in [0.4, 0.5) is 0 Å². The van der Waals surface area contributed by atoms with Crippen molar-refractivity contribution in [3.63, 3.8) is 0 Å². The van der Waals surface area contributed by atoms with Gasteiger partial charge in [0.15, 0.2) is 9.84 Å². The Morgan fingerprint density at radius 1 is 0.696 bits per heavy atom. The van der Waals surface area contributed by atoms with Gasteiger partial charge in [-0.25, -0.2) is 18.2 Å². The van der Waals surface area contributed by atoms with Crippen molar-refractivity contribution < 1.29 is 18.2 Å². The summed E-state index contributed by atoms with van der Waals surface area (Å²) in [5.74, 6) is -0.0861. The summed E-state index contributed by atoms with van der Waals surface area (Å²) in [7, 11) is -3.32. The number of sulfone groups is 1. The van der Waals surface area contributed by atoms with Gasteiger partial charge in [0.05, 0.1) is 11.5 Å². The Hall–Kier alpha value is -1.69. The molecule has 23 heavy (non-hydrogen) atoms. The quantitative estimate of drug-likeness (QED) is 0.795. The van der Waals surface area contributed by atoms with Crippen LogP contribution in [-0.4, -0.2) is 19.9 Å². The molecule has 3 aliphatic rings. The molecule has 3 aliphatic heterocycles. The second kappa shape index (κ2) is 5.16. The number of fused-ring (bicyclic) bond motifs is 4. The molecule has 3 saturated heterocycles. The Bertz CT molecular complexity index is 728. The third-order valence-electron chi connectivity index (χ3n) is 4.80. The molecule has 0 radical (unpaired) electrons. The monoisotopic (exact) mass is 330 g/mol. The van der Waals surface area contributed by atoms with Crippen molar-refractivity contribution in [1.29, 1.82) is 0 Å². The van der Waals surface area contributed by atoms with Crippen molar-refractivity contribution in [3.05, 3.63) is 71.8 Å². The van der Waals surface area contributed by atoms with Crippen LogP contribution >= 0.6 is 0 Å². The van der Waals surface area contributed by atoms with Crippen LogP contribution in [0.5, 0.6) is 0 Å². The van der Waals surface area contributed by atoms with Crippen LogP contribution in [0.1, 0.15) is 24.0 Å². The molecular weight excluding hydrogens is 312 g/mol. The predicted octanol–water partition coefficient (Wildman–Crippen LogP) is 2.95. The van der Waals surface area contributed by atoms with Crippen LogP contribution in [0.25, 0.3) is 0 Å². The maximum Gasteiger partial charge on any atom is 0.156 e. The minimum Gasteiger partial charge on any atom is -0.229 e. The number of hydrogen-bond acceptors (Lipinski definition) is 4. The Morgan fingerprint density at radius 2 is 1.09 bits per heavy atom. The van der Waals surface area contributed by atoms with Gasteiger partial charge in [-0.05, 0) is 24.0 Å². The first-order chi connectivity index (χ1) is 11.0. The highest BCUT2D eigenvalue weighted by Crippen LogP contribution is 2.49. The summed E-state index contributed by atoms with van der Waals surface area (Å²) in [5.41, 5.74) is -0.108. The van der Waals surface area contributed by atoms with Crippen molar-refractivity contribution in [2.75, 3.05) is 11.5 Å². The van der Waals surface area contributed by atoms with E-state index in [1.165, 1.54) is 0 Å². The van der Waals surface area contributed by atoms with Gasteiger partial charge < -0.3 is 0 Å². The van der Waals surface area contributed by atoms with Gasteiger partial charge in [0.1, 0.15) is 11.2 Å². The maximum atomic E-state index is 12.7. The minimum atomic E-state index is -3.32. The molecule has 0 spiro atoms. The van der Waals surface area contributed by atoms with Gasteiger partial charge in [-0.15, -0.1) is 0 Å². The molecule has 120 valence electrons. The summed E-state index contributed by atoms with van der Waals surface area (Å²) in [6.07, 6.45) is 1.23. The smallest absolute Gasteiger partial charge is 0.156 e. The first-order valence-electron chi connectivity index (χ1n) is 7.72. The summed E-state index contributed by atoms with van der Waals surface area (Å²) < 4.78 is 25.5. The molecule has 2 aromatic carbocycles. The van der Waals surface area contributed by atoms with Crippen molar-refractivity contribution in [2.24, 2.45) is 0 Å². The third-order valence-corrected chi connectivity index (χ3v) is 6.61. The largest absolute Gasteiger partial charge is 0.229 e. The molecular formula is C18H18O4S. The molecule has 5 rings (SSSR count). The van der Waals surface area contributed by atoms with Gasteiger partial charge in [0.2, 0.25) is 0 Å². The lowest BCUT2D eigenvalue weighted by molar-refractivity contribution is -0.438. The standard InChI is InChI=1S/C18H18O4S/c19-23(20)13-17(15-7-3-1-4-8-15)11-12-18(14-23,22-21-17)16-9-5-2-6-10-16/h1-10H,11-14H2/t17-,18+. The van der Waals surface area contributed by atoms with Crippen LogP contribution in [0.3, 0.4) is 0 Å². The van der Waals surface area contributed by atoms with E-state index in [9.17, 15) is 8.42 Å². The van der Waals surface area contributed by atoms with Crippen LogP contribution in [0.2, 0.25) is 0 Å². The van der Waals surface area contributed by atoms with Crippen LogP contribution in [0.15, 0.2) is 60.7 Å². The van der Waals surface area contributed by atoms with E-state index in [1.807, 2.05) is 60.7 Å². The number of hydrogen-bond donors (Lipinski definition) is 0. The molecule has 0 amide bonds. The average molecular weight is 330 g/mol. The predicted molar refractivity (Wildman–Crippen MR) is 86.3 cm³/mol. The fourth-order valence-electron chi connectivity index (χ4n) is 3.64. The van der Waals surface area contributed by atoms with Gasteiger partial charge in [0.25, 0.3) is 0 Å². The van der Waals surface area contributed by atoms with E-state index in [0.29, 0.717) is 12.8 Å². The normalized spacial score (nSPS) is 32.3. The first-order valence-corrected chi connectivity index (χ1v) is 9.54. The molecule has 0 aromatic heterocycles. The van der Waals surface area contributed by atoms with Crippen molar-refractivity contribution >= 4 is 9.84 Å². The van der Waals surface area contributed by atoms with E-state index in [1.54, 1.807) is 0 Å². The molecule has 0 N–H and O–H groups in total. The van der Waals surface area contributed by atoms with Crippen molar-refractivity contribution in [3.8, 4) is 0 Å². The Labute approximate surface area is 135 Å². The highest BCUT2D eigenvalue weighted by atomic mass is 32.2. The van der Waals surface area contributed by atoms with E-state index < -0.39 is 21.0 Å². The summed E-state index contributed by atoms with van der Waals surface area (Å²) >= 11 is 0. The van der Waals surface area contributed by atoms with Crippen LogP contribution in [0, 0.1) is 0 Å². The molecule has 0 saturated carbocycles. The van der Waals surface area contributed by atoms with E-state index in [-0.39, 0.29) is 11.5 Å². The lowest BCUT2D eigenvalue weighted by atomic mass is 9.82. The third kappa shape index (κ3) is 2.49. The lowest BCUT2D eigenvalue weighted by Crippen LogP contribution is -2.43. The average Bonchev–Trinajstić information content (AvgIpc) is 2.78. The zero-order valence-electron chi connectivity index (χ0n) is 12.6. The summed E-state index contributed by atoms with van der Waals surface area (Å²) in [5, 5.41) is 0. The van der Waals surface area contributed by atoms with Crippen LogP contribution < -0.4 is 0 Å². The van der Waals surface area contributed by atoms with E-state index in [0.717, 1.165) is 11.1 Å². The molecule has 2 bridgehead atoms. The SMILES string of the molecule is O=S1(=O)C[C@@]2(c3ccccc3)CC[C@@](c3ccccc3)(C1)OO2. The van der Waals surface area contributed by atoms with Crippen LogP contribution in [-0.2, 0) is 30.8 Å². The molecule has 4 nitrogen and oxygen atoms in total. The second-order valence-corrected chi connectivity index (χ2v) is 8.48. The lowest BCUT2D eigenvalue weighted by Gasteiger charge is -2.40. The zero-order chi connectivity index (χ0) is 16.0. The number of rotatable bonds is 2. The highest BCUT2D eigenvalue weighted by Gasteiger charge is 2.55. The molecule has 2 atom stereocenters. The van der Waals surface area contributed by atoms with Gasteiger partial charge in [-0.1, -0.05) is 60.7 Å². The van der Waals surface area contributed by atoms with Gasteiger partial charge in [-0.3, -0.25) is 0 Å². The molecule has 0 unspecified atom stereocenters. The maximum absolute atomic E-state index is 12.7.